The van der Waals surface area contributed by atoms with Gasteiger partial charge in [0.1, 0.15) is 0 Å². The second kappa shape index (κ2) is 5.72. The largest absolute Gasteiger partial charge is 0.313 e. The molecule has 0 aromatic rings. The Kier molecular flexibility index (Phi) is 4.90. The van der Waals surface area contributed by atoms with Crippen molar-refractivity contribution in [2.45, 2.75) is 52.6 Å². The molecule has 1 N–H and O–H groups in total. The first-order chi connectivity index (χ1) is 6.59. The molecule has 0 amide bonds. The summed E-state index contributed by atoms with van der Waals surface area (Å²) in [6.45, 7) is 12.9. The normalized spacial score (nSPS) is 22.9. The summed E-state index contributed by atoms with van der Waals surface area (Å²) in [6, 6.07) is 1.43. The Morgan fingerprint density at radius 1 is 1.29 bits per heavy atom. The van der Waals surface area contributed by atoms with Crippen LogP contribution in [0.2, 0.25) is 0 Å². The van der Waals surface area contributed by atoms with Crippen molar-refractivity contribution in [3.63, 3.8) is 0 Å². The lowest BCUT2D eigenvalue weighted by atomic mass is 10.1. The Morgan fingerprint density at radius 2 is 2.00 bits per heavy atom. The van der Waals surface area contributed by atoms with Crippen LogP contribution in [0.4, 0.5) is 0 Å². The predicted octanol–water partition coefficient (Wildman–Crippen LogP) is 2.10. The van der Waals surface area contributed by atoms with Crippen LogP contribution in [0.1, 0.15) is 40.5 Å². The van der Waals surface area contributed by atoms with Gasteiger partial charge in [-0.25, -0.2) is 0 Å². The zero-order chi connectivity index (χ0) is 10.6. The number of rotatable bonds is 5. The third kappa shape index (κ3) is 3.97. The summed E-state index contributed by atoms with van der Waals surface area (Å²) in [5, 5.41) is 3.57. The minimum atomic E-state index is 0.680. The summed E-state index contributed by atoms with van der Waals surface area (Å²) in [6.07, 6.45) is 2.72. The molecule has 1 atom stereocenters. The summed E-state index contributed by atoms with van der Waals surface area (Å²) in [5.41, 5.74) is 0. The van der Waals surface area contributed by atoms with Crippen molar-refractivity contribution in [1.29, 1.82) is 0 Å². The third-order valence-electron chi connectivity index (χ3n) is 2.95. The predicted molar refractivity (Wildman–Crippen MR) is 62.6 cm³/mol. The zero-order valence-electron chi connectivity index (χ0n) is 10.2. The number of hydrogen-bond acceptors (Lipinski definition) is 2. The summed E-state index contributed by atoms with van der Waals surface area (Å²) in [5.74, 6) is 0.777. The molecule has 2 nitrogen and oxygen atoms in total. The van der Waals surface area contributed by atoms with Crippen LogP contribution in [0.15, 0.2) is 0 Å². The molecule has 1 aliphatic heterocycles. The summed E-state index contributed by atoms with van der Waals surface area (Å²) < 4.78 is 0. The van der Waals surface area contributed by atoms with E-state index in [1.165, 1.54) is 32.5 Å². The monoisotopic (exact) mass is 198 g/mol. The number of nitrogens with zero attached hydrogens (tertiary/aromatic N) is 1. The van der Waals surface area contributed by atoms with Crippen LogP contribution >= 0.6 is 0 Å². The number of nitrogens with one attached hydrogen (secondary N) is 1. The highest BCUT2D eigenvalue weighted by Gasteiger charge is 2.19. The van der Waals surface area contributed by atoms with E-state index in [1.807, 2.05) is 0 Å². The average Bonchev–Trinajstić information content (AvgIpc) is 2.54. The second-order valence-electron chi connectivity index (χ2n) is 5.23. The van der Waals surface area contributed by atoms with E-state index < -0.39 is 0 Å². The van der Waals surface area contributed by atoms with E-state index in [-0.39, 0.29) is 0 Å². The highest BCUT2D eigenvalue weighted by atomic mass is 15.2. The van der Waals surface area contributed by atoms with Gasteiger partial charge in [-0.15, -0.1) is 0 Å². The minimum Gasteiger partial charge on any atom is -0.313 e. The van der Waals surface area contributed by atoms with Crippen molar-refractivity contribution < 1.29 is 0 Å². The SMILES string of the molecule is CC(C)CN(C[C@@H]1CCCN1)C(C)C. The van der Waals surface area contributed by atoms with E-state index in [4.69, 9.17) is 0 Å². The van der Waals surface area contributed by atoms with Crippen LogP contribution in [-0.4, -0.2) is 36.6 Å². The van der Waals surface area contributed by atoms with Crippen LogP contribution in [0.5, 0.6) is 0 Å². The van der Waals surface area contributed by atoms with Gasteiger partial charge in [0.25, 0.3) is 0 Å². The fourth-order valence-electron chi connectivity index (χ4n) is 2.16. The molecular formula is C12H26N2. The molecule has 1 saturated heterocycles. The molecule has 0 aliphatic carbocycles. The topological polar surface area (TPSA) is 15.3 Å². The molecule has 2 heteroatoms. The maximum atomic E-state index is 3.57. The Labute approximate surface area is 89.1 Å². The third-order valence-corrected chi connectivity index (χ3v) is 2.95. The molecule has 0 aromatic heterocycles. The van der Waals surface area contributed by atoms with Gasteiger partial charge in [-0.2, -0.15) is 0 Å². The fraction of sp³-hybridized carbons (Fsp3) is 1.00. The van der Waals surface area contributed by atoms with Crippen molar-refractivity contribution in [3.8, 4) is 0 Å². The summed E-state index contributed by atoms with van der Waals surface area (Å²) >= 11 is 0. The molecule has 1 heterocycles. The van der Waals surface area contributed by atoms with Gasteiger partial charge in [-0.1, -0.05) is 13.8 Å². The van der Waals surface area contributed by atoms with Gasteiger partial charge in [0.2, 0.25) is 0 Å². The first-order valence-corrected chi connectivity index (χ1v) is 6.07. The van der Waals surface area contributed by atoms with E-state index >= 15 is 0 Å². The van der Waals surface area contributed by atoms with Gasteiger partial charge >= 0.3 is 0 Å². The van der Waals surface area contributed by atoms with Gasteiger partial charge in [-0.3, -0.25) is 4.90 Å². The molecule has 0 unspecified atom stereocenters. The second-order valence-corrected chi connectivity index (χ2v) is 5.23. The molecule has 84 valence electrons. The highest BCUT2D eigenvalue weighted by molar-refractivity contribution is 4.79. The van der Waals surface area contributed by atoms with Gasteiger partial charge in [-0.05, 0) is 39.2 Å². The molecule has 14 heavy (non-hydrogen) atoms. The van der Waals surface area contributed by atoms with Crippen molar-refractivity contribution in [1.82, 2.24) is 10.2 Å². The Hall–Kier alpha value is -0.0800. The summed E-state index contributed by atoms with van der Waals surface area (Å²) in [7, 11) is 0. The van der Waals surface area contributed by atoms with Crippen molar-refractivity contribution in [2.24, 2.45) is 5.92 Å². The summed E-state index contributed by atoms with van der Waals surface area (Å²) in [4.78, 5) is 2.60. The van der Waals surface area contributed by atoms with Gasteiger partial charge in [0, 0.05) is 25.2 Å². The lowest BCUT2D eigenvalue weighted by molar-refractivity contribution is 0.181. The number of hydrogen-bond donors (Lipinski definition) is 1. The molecule has 0 bridgehead atoms. The first kappa shape index (κ1) is 12.0. The van der Waals surface area contributed by atoms with Gasteiger partial charge in [0.15, 0.2) is 0 Å². The highest BCUT2D eigenvalue weighted by Crippen LogP contribution is 2.11. The van der Waals surface area contributed by atoms with E-state index in [0.29, 0.717) is 6.04 Å². The quantitative estimate of drug-likeness (QED) is 0.728. The molecule has 1 aliphatic rings. The molecular weight excluding hydrogens is 172 g/mol. The van der Waals surface area contributed by atoms with Crippen molar-refractivity contribution in [2.75, 3.05) is 19.6 Å². The fourth-order valence-corrected chi connectivity index (χ4v) is 2.16. The molecule has 0 radical (unpaired) electrons. The smallest absolute Gasteiger partial charge is 0.0195 e. The molecule has 0 saturated carbocycles. The van der Waals surface area contributed by atoms with Crippen molar-refractivity contribution >= 4 is 0 Å². The Balaban J connectivity index is 2.33. The molecule has 0 aromatic carbocycles. The van der Waals surface area contributed by atoms with Crippen LogP contribution in [-0.2, 0) is 0 Å². The first-order valence-electron chi connectivity index (χ1n) is 6.07. The Bertz CT molecular complexity index is 148. The standard InChI is InChI=1S/C12H26N2/c1-10(2)8-14(11(3)4)9-12-6-5-7-13-12/h10-13H,5-9H2,1-4H3/t12-/m0/s1. The molecule has 1 fully saturated rings. The van der Waals surface area contributed by atoms with E-state index in [2.05, 4.69) is 37.9 Å². The van der Waals surface area contributed by atoms with Crippen LogP contribution in [0, 0.1) is 5.92 Å². The maximum Gasteiger partial charge on any atom is 0.0195 e. The van der Waals surface area contributed by atoms with Crippen LogP contribution in [0.25, 0.3) is 0 Å². The molecule has 1 rings (SSSR count). The van der Waals surface area contributed by atoms with Crippen molar-refractivity contribution in [3.05, 3.63) is 0 Å². The maximum absolute atomic E-state index is 3.57. The Morgan fingerprint density at radius 3 is 2.43 bits per heavy atom. The van der Waals surface area contributed by atoms with Crippen LogP contribution < -0.4 is 5.32 Å². The molecule has 0 spiro atoms. The van der Waals surface area contributed by atoms with Gasteiger partial charge in [0.05, 0.1) is 0 Å². The average molecular weight is 198 g/mol. The zero-order valence-corrected chi connectivity index (χ0v) is 10.2. The lowest BCUT2D eigenvalue weighted by Gasteiger charge is -2.30. The van der Waals surface area contributed by atoms with E-state index in [1.54, 1.807) is 0 Å². The minimum absolute atomic E-state index is 0.680. The van der Waals surface area contributed by atoms with Crippen LogP contribution in [0.3, 0.4) is 0 Å². The van der Waals surface area contributed by atoms with E-state index in [0.717, 1.165) is 12.0 Å². The lowest BCUT2D eigenvalue weighted by Crippen LogP contribution is -2.42. The van der Waals surface area contributed by atoms with Gasteiger partial charge < -0.3 is 5.32 Å². The van der Waals surface area contributed by atoms with E-state index in [9.17, 15) is 0 Å².